The first-order valence-electron chi connectivity index (χ1n) is 10.7. The van der Waals surface area contributed by atoms with Gasteiger partial charge in [0.05, 0.1) is 5.56 Å². The van der Waals surface area contributed by atoms with E-state index in [-0.39, 0.29) is 36.8 Å². The number of likely N-dealkylation sites (N-methyl/N-ethyl adjacent to an activating group) is 1. The van der Waals surface area contributed by atoms with Crippen LogP contribution >= 0.6 is 12.4 Å². The summed E-state index contributed by atoms with van der Waals surface area (Å²) in [4.78, 5) is 17.3. The van der Waals surface area contributed by atoms with Gasteiger partial charge >= 0.3 is 0 Å². The zero-order valence-corrected chi connectivity index (χ0v) is 18.8. The van der Waals surface area contributed by atoms with E-state index in [0.717, 1.165) is 38.3 Å². The molecule has 1 aliphatic rings. The minimum Gasteiger partial charge on any atom is -0.490 e. The average Bonchev–Trinajstić information content (AvgIpc) is 2.77. The highest BCUT2D eigenvalue weighted by atomic mass is 35.5. The Balaban J connectivity index is 0.00000341. The molecule has 1 N–H and O–H groups in total. The van der Waals surface area contributed by atoms with Crippen LogP contribution in [0, 0.1) is 5.82 Å². The largest absolute Gasteiger partial charge is 0.490 e. The van der Waals surface area contributed by atoms with Crippen molar-refractivity contribution in [2.75, 3.05) is 45.9 Å². The van der Waals surface area contributed by atoms with Crippen LogP contribution in [0.5, 0.6) is 5.75 Å². The molecular weight excluding hydrogens is 419 g/mol. The van der Waals surface area contributed by atoms with Crippen molar-refractivity contribution in [1.29, 1.82) is 0 Å². The summed E-state index contributed by atoms with van der Waals surface area (Å²) in [5.41, 5.74) is 1.29. The maximum atomic E-state index is 13.8. The molecule has 2 aromatic rings. The molecule has 3 rings (SSSR count). The highest BCUT2D eigenvalue weighted by Crippen LogP contribution is 2.22. The van der Waals surface area contributed by atoms with Crippen LogP contribution in [0.1, 0.15) is 29.3 Å². The van der Waals surface area contributed by atoms with E-state index in [1.54, 1.807) is 0 Å². The number of piperazine rings is 1. The zero-order valence-electron chi connectivity index (χ0n) is 18.0. The number of hydrogen-bond acceptors (Lipinski definition) is 5. The molecule has 0 aromatic heterocycles. The number of aryl methyl sites for hydroxylation is 1. The highest BCUT2D eigenvalue weighted by Gasteiger charge is 2.20. The maximum absolute atomic E-state index is 13.8. The lowest BCUT2D eigenvalue weighted by Gasteiger charge is -2.34. The zero-order chi connectivity index (χ0) is 21.3. The van der Waals surface area contributed by atoms with Gasteiger partial charge in [-0.15, -0.1) is 12.4 Å². The molecule has 31 heavy (non-hydrogen) atoms. The molecule has 1 fully saturated rings. The molecule has 0 amide bonds. The summed E-state index contributed by atoms with van der Waals surface area (Å²) < 4.78 is 19.5. The number of β-amino-alcohol motifs (C(OH)–C–C–N with tert-alkyl or cyclic N) is 1. The van der Waals surface area contributed by atoms with Crippen molar-refractivity contribution in [3.05, 3.63) is 65.5 Å². The molecule has 170 valence electrons. The third-order valence-corrected chi connectivity index (χ3v) is 5.54. The quantitative estimate of drug-likeness (QED) is 0.562. The normalized spacial score (nSPS) is 15.8. The maximum Gasteiger partial charge on any atom is 0.167 e. The molecule has 2 aromatic carbocycles. The first kappa shape index (κ1) is 25.3. The van der Waals surface area contributed by atoms with E-state index in [0.29, 0.717) is 18.7 Å². The molecule has 0 bridgehead atoms. The lowest BCUT2D eigenvalue weighted by atomic mass is 10.0. The molecule has 1 aliphatic heterocycles. The fourth-order valence-electron chi connectivity index (χ4n) is 3.71. The summed E-state index contributed by atoms with van der Waals surface area (Å²) >= 11 is 0. The minimum absolute atomic E-state index is 0. The number of nitrogens with zero attached hydrogens (tertiary/aromatic N) is 2. The van der Waals surface area contributed by atoms with E-state index in [4.69, 9.17) is 4.74 Å². The molecular formula is C24H32ClFN2O3. The van der Waals surface area contributed by atoms with Crippen LogP contribution in [0.3, 0.4) is 0 Å². The van der Waals surface area contributed by atoms with Crippen molar-refractivity contribution in [2.45, 2.75) is 25.9 Å². The van der Waals surface area contributed by atoms with Gasteiger partial charge in [0.2, 0.25) is 0 Å². The molecule has 1 unspecified atom stereocenters. The predicted molar refractivity (Wildman–Crippen MR) is 123 cm³/mol. The summed E-state index contributed by atoms with van der Waals surface area (Å²) in [5, 5.41) is 10.4. The van der Waals surface area contributed by atoms with Crippen molar-refractivity contribution in [3.8, 4) is 5.75 Å². The Kier molecular flexibility index (Phi) is 10.4. The van der Waals surface area contributed by atoms with Gasteiger partial charge in [-0.2, -0.15) is 0 Å². The van der Waals surface area contributed by atoms with Gasteiger partial charge in [-0.3, -0.25) is 9.69 Å². The molecule has 1 atom stereocenters. The van der Waals surface area contributed by atoms with E-state index in [9.17, 15) is 14.3 Å². The van der Waals surface area contributed by atoms with Crippen LogP contribution in [0.2, 0.25) is 0 Å². The lowest BCUT2D eigenvalue weighted by molar-refractivity contribution is 0.0467. The van der Waals surface area contributed by atoms with Crippen LogP contribution in [0.4, 0.5) is 4.39 Å². The van der Waals surface area contributed by atoms with Gasteiger partial charge in [0, 0.05) is 39.1 Å². The smallest absolute Gasteiger partial charge is 0.167 e. The second-order valence-electron chi connectivity index (χ2n) is 7.75. The Morgan fingerprint density at radius 2 is 1.77 bits per heavy atom. The molecule has 0 radical (unpaired) electrons. The molecule has 1 heterocycles. The Morgan fingerprint density at radius 1 is 1.10 bits per heavy atom. The average molecular weight is 451 g/mol. The van der Waals surface area contributed by atoms with E-state index in [1.165, 1.54) is 18.2 Å². The van der Waals surface area contributed by atoms with Gasteiger partial charge < -0.3 is 14.7 Å². The van der Waals surface area contributed by atoms with E-state index < -0.39 is 11.9 Å². The van der Waals surface area contributed by atoms with Crippen molar-refractivity contribution in [2.24, 2.45) is 0 Å². The van der Waals surface area contributed by atoms with Crippen LogP contribution < -0.4 is 4.74 Å². The molecule has 0 saturated carbocycles. The third-order valence-electron chi connectivity index (χ3n) is 5.54. The van der Waals surface area contributed by atoms with Gasteiger partial charge in [0.25, 0.3) is 0 Å². The Bertz CT molecular complexity index is 814. The fourth-order valence-corrected chi connectivity index (χ4v) is 3.71. The fraction of sp³-hybridized carbons (Fsp3) is 0.458. The van der Waals surface area contributed by atoms with E-state index in [2.05, 4.69) is 16.7 Å². The number of benzene rings is 2. The summed E-state index contributed by atoms with van der Waals surface area (Å²) in [6, 6.07) is 13.7. The van der Waals surface area contributed by atoms with Crippen molar-refractivity contribution in [1.82, 2.24) is 9.80 Å². The number of ketones is 1. The topological polar surface area (TPSA) is 53.0 Å². The minimum atomic E-state index is -0.671. The number of Topliss-reactive ketones (excluding diaryl/α,β-unsaturated/α-hetero) is 1. The van der Waals surface area contributed by atoms with E-state index >= 15 is 0 Å². The monoisotopic (exact) mass is 450 g/mol. The summed E-state index contributed by atoms with van der Waals surface area (Å²) in [7, 11) is 0. The molecule has 0 aliphatic carbocycles. The van der Waals surface area contributed by atoms with E-state index in [1.807, 2.05) is 30.3 Å². The first-order valence-corrected chi connectivity index (χ1v) is 10.7. The SMILES string of the molecule is CCN1CCN(CC(O)COc2ccc(F)cc2C(=O)CCc2ccccc2)CC1.Cl. The second-order valence-corrected chi connectivity index (χ2v) is 7.75. The van der Waals surface area contributed by atoms with Crippen LogP contribution in [-0.2, 0) is 6.42 Å². The number of aliphatic hydroxyl groups excluding tert-OH is 1. The highest BCUT2D eigenvalue weighted by molar-refractivity contribution is 5.98. The van der Waals surface area contributed by atoms with Crippen molar-refractivity contribution >= 4 is 18.2 Å². The summed E-state index contributed by atoms with van der Waals surface area (Å²) in [5.74, 6) is -0.317. The second kappa shape index (κ2) is 12.8. The number of halogens is 2. The van der Waals surface area contributed by atoms with Gasteiger partial charge in [-0.1, -0.05) is 37.3 Å². The Hall–Kier alpha value is -1.99. The Labute approximate surface area is 190 Å². The predicted octanol–water partition coefficient (Wildman–Crippen LogP) is 3.44. The molecule has 7 heteroatoms. The van der Waals surface area contributed by atoms with Gasteiger partial charge in [0.15, 0.2) is 5.78 Å². The van der Waals surface area contributed by atoms with Gasteiger partial charge in [-0.25, -0.2) is 4.39 Å². The number of carbonyl (C=O) groups is 1. The lowest BCUT2D eigenvalue weighted by Crippen LogP contribution is -2.49. The van der Waals surface area contributed by atoms with Crippen LogP contribution in [-0.4, -0.2) is 72.7 Å². The molecule has 0 spiro atoms. The van der Waals surface area contributed by atoms with Gasteiger partial charge in [0.1, 0.15) is 24.3 Å². The van der Waals surface area contributed by atoms with Crippen LogP contribution in [0.25, 0.3) is 0 Å². The van der Waals surface area contributed by atoms with Gasteiger partial charge in [-0.05, 0) is 36.7 Å². The number of hydrogen-bond donors (Lipinski definition) is 1. The number of aliphatic hydroxyl groups is 1. The first-order chi connectivity index (χ1) is 14.5. The molecule has 1 saturated heterocycles. The number of ether oxygens (including phenoxy) is 1. The standard InChI is InChI=1S/C24H31FN2O3.ClH/c1-2-26-12-14-27(15-13-26)17-21(28)18-30-24-11-9-20(25)16-22(24)23(29)10-8-19-6-4-3-5-7-19;/h3-7,9,11,16,21,28H,2,8,10,12-15,17-18H2,1H3;1H. The van der Waals surface area contributed by atoms with Crippen LogP contribution in [0.15, 0.2) is 48.5 Å². The third kappa shape index (κ3) is 7.89. The number of carbonyl (C=O) groups excluding carboxylic acids is 1. The number of rotatable bonds is 10. The molecule has 5 nitrogen and oxygen atoms in total. The van der Waals surface area contributed by atoms with Crippen molar-refractivity contribution < 1.29 is 19.0 Å². The summed E-state index contributed by atoms with van der Waals surface area (Å²) in [6.07, 6.45) is 0.186. The van der Waals surface area contributed by atoms with Crippen molar-refractivity contribution in [3.63, 3.8) is 0 Å². The Morgan fingerprint density at radius 3 is 2.45 bits per heavy atom. The summed E-state index contributed by atoms with van der Waals surface area (Å²) in [6.45, 7) is 7.64.